The Morgan fingerprint density at radius 1 is 1.12 bits per heavy atom. The number of aryl methyl sites for hydroxylation is 2. The lowest BCUT2D eigenvalue weighted by Crippen LogP contribution is -2.39. The van der Waals surface area contributed by atoms with Crippen LogP contribution < -0.4 is 15.4 Å². The predicted octanol–water partition coefficient (Wildman–Crippen LogP) is 4.34. The van der Waals surface area contributed by atoms with E-state index in [-0.39, 0.29) is 16.8 Å². The van der Waals surface area contributed by atoms with E-state index < -0.39 is 11.6 Å². The van der Waals surface area contributed by atoms with E-state index in [1.165, 1.54) is 17.7 Å². The van der Waals surface area contributed by atoms with Crippen LogP contribution in [0.1, 0.15) is 18.1 Å². The van der Waals surface area contributed by atoms with Gasteiger partial charge in [-0.3, -0.25) is 0 Å². The molecule has 6 heteroatoms. The molecule has 2 N–H and O–H groups in total. The van der Waals surface area contributed by atoms with Gasteiger partial charge in [-0.05, 0) is 68.4 Å². The molecule has 2 aromatic carbocycles. The van der Waals surface area contributed by atoms with Crippen molar-refractivity contribution in [2.45, 2.75) is 26.8 Å². The maximum absolute atomic E-state index is 13.6. The maximum Gasteiger partial charge on any atom is 0.171 e. The molecule has 0 radical (unpaired) electrons. The summed E-state index contributed by atoms with van der Waals surface area (Å²) in [6, 6.07) is 9.08. The first-order chi connectivity index (χ1) is 11.3. The second-order valence-corrected chi connectivity index (χ2v) is 6.09. The average molecular weight is 350 g/mol. The fourth-order valence-corrected chi connectivity index (χ4v) is 2.35. The van der Waals surface area contributed by atoms with Crippen LogP contribution in [0.25, 0.3) is 0 Å². The molecule has 0 aromatic heterocycles. The van der Waals surface area contributed by atoms with Gasteiger partial charge in [0.25, 0.3) is 0 Å². The number of hydrogen-bond acceptors (Lipinski definition) is 2. The maximum atomic E-state index is 13.6. The standard InChI is InChI=1S/C18H20F2N2OS/c1-11-4-6-15(8-12(11)2)23-10-13(3)21-18(24)22-17-7-5-14(19)9-16(17)20/h4-9,13H,10H2,1-3H3,(H2,21,22,24). The molecule has 2 aromatic rings. The molecule has 0 aliphatic carbocycles. The van der Waals surface area contributed by atoms with Gasteiger partial charge in [-0.15, -0.1) is 0 Å². The molecular weight excluding hydrogens is 330 g/mol. The number of halogens is 2. The van der Waals surface area contributed by atoms with Gasteiger partial charge in [-0.1, -0.05) is 6.07 Å². The second-order valence-electron chi connectivity index (χ2n) is 5.68. The minimum Gasteiger partial charge on any atom is -0.491 e. The molecule has 128 valence electrons. The monoisotopic (exact) mass is 350 g/mol. The lowest BCUT2D eigenvalue weighted by molar-refractivity contribution is 0.287. The van der Waals surface area contributed by atoms with Crippen LogP contribution in [0.15, 0.2) is 36.4 Å². The van der Waals surface area contributed by atoms with Gasteiger partial charge in [0.15, 0.2) is 5.11 Å². The van der Waals surface area contributed by atoms with Gasteiger partial charge in [-0.2, -0.15) is 0 Å². The SMILES string of the molecule is Cc1ccc(OCC(C)NC(=S)Nc2ccc(F)cc2F)cc1C. The Morgan fingerprint density at radius 3 is 2.54 bits per heavy atom. The molecule has 0 aliphatic heterocycles. The van der Waals surface area contributed by atoms with Crippen molar-refractivity contribution in [3.05, 3.63) is 59.2 Å². The van der Waals surface area contributed by atoms with Gasteiger partial charge in [-0.25, -0.2) is 8.78 Å². The first-order valence-corrected chi connectivity index (χ1v) is 7.98. The lowest BCUT2D eigenvalue weighted by atomic mass is 10.1. The van der Waals surface area contributed by atoms with Crippen LogP contribution in [0, 0.1) is 25.5 Å². The quantitative estimate of drug-likeness (QED) is 0.786. The summed E-state index contributed by atoms with van der Waals surface area (Å²) in [5.74, 6) is -0.541. The van der Waals surface area contributed by atoms with Crippen molar-refractivity contribution in [2.75, 3.05) is 11.9 Å². The van der Waals surface area contributed by atoms with Crippen molar-refractivity contribution in [2.24, 2.45) is 0 Å². The molecule has 1 atom stereocenters. The van der Waals surface area contributed by atoms with Gasteiger partial charge in [0.2, 0.25) is 0 Å². The van der Waals surface area contributed by atoms with E-state index in [1.54, 1.807) is 0 Å². The fraction of sp³-hybridized carbons (Fsp3) is 0.278. The highest BCUT2D eigenvalue weighted by atomic mass is 32.1. The third-order valence-electron chi connectivity index (χ3n) is 3.54. The predicted molar refractivity (Wildman–Crippen MR) is 96.6 cm³/mol. The van der Waals surface area contributed by atoms with Gasteiger partial charge in [0.05, 0.1) is 11.7 Å². The van der Waals surface area contributed by atoms with E-state index in [9.17, 15) is 8.78 Å². The third-order valence-corrected chi connectivity index (χ3v) is 3.76. The summed E-state index contributed by atoms with van der Waals surface area (Å²) in [5.41, 5.74) is 2.49. The van der Waals surface area contributed by atoms with Crippen molar-refractivity contribution < 1.29 is 13.5 Å². The van der Waals surface area contributed by atoms with Crippen molar-refractivity contribution >= 4 is 23.0 Å². The normalized spacial score (nSPS) is 11.7. The molecule has 0 aliphatic rings. The minimum absolute atomic E-state index is 0.0879. The minimum atomic E-state index is -0.696. The van der Waals surface area contributed by atoms with E-state index in [4.69, 9.17) is 17.0 Å². The van der Waals surface area contributed by atoms with Gasteiger partial charge in [0, 0.05) is 6.07 Å². The van der Waals surface area contributed by atoms with Crippen molar-refractivity contribution in [3.63, 3.8) is 0 Å². The summed E-state index contributed by atoms with van der Waals surface area (Å²) in [6.45, 7) is 6.37. The summed E-state index contributed by atoms with van der Waals surface area (Å²) < 4.78 is 32.2. The van der Waals surface area contributed by atoms with E-state index >= 15 is 0 Å². The third kappa shape index (κ3) is 5.16. The Hall–Kier alpha value is -2.21. The summed E-state index contributed by atoms with van der Waals surface area (Å²) in [4.78, 5) is 0. The van der Waals surface area contributed by atoms with Crippen LogP contribution in [0.2, 0.25) is 0 Å². The Balaban J connectivity index is 1.83. The zero-order chi connectivity index (χ0) is 17.7. The largest absolute Gasteiger partial charge is 0.491 e. The summed E-state index contributed by atoms with van der Waals surface area (Å²) in [7, 11) is 0. The molecule has 0 saturated heterocycles. The van der Waals surface area contributed by atoms with Gasteiger partial charge < -0.3 is 15.4 Å². The van der Waals surface area contributed by atoms with Crippen molar-refractivity contribution in [1.82, 2.24) is 5.32 Å². The number of anilines is 1. The molecular formula is C18H20F2N2OS. The summed E-state index contributed by atoms with van der Waals surface area (Å²) >= 11 is 5.14. The van der Waals surface area contributed by atoms with Gasteiger partial charge in [0.1, 0.15) is 24.0 Å². The molecule has 0 heterocycles. The highest BCUT2D eigenvalue weighted by Gasteiger charge is 2.09. The molecule has 0 saturated carbocycles. The van der Waals surface area contributed by atoms with E-state index in [2.05, 4.69) is 10.6 Å². The Bertz CT molecular complexity index is 737. The Morgan fingerprint density at radius 2 is 1.88 bits per heavy atom. The number of ether oxygens (including phenoxy) is 1. The number of hydrogen-bond donors (Lipinski definition) is 2. The van der Waals surface area contributed by atoms with Crippen LogP contribution in [0.3, 0.4) is 0 Å². The van der Waals surface area contributed by atoms with Gasteiger partial charge >= 0.3 is 0 Å². The average Bonchev–Trinajstić information content (AvgIpc) is 2.51. The zero-order valence-corrected chi connectivity index (χ0v) is 14.6. The van der Waals surface area contributed by atoms with Crippen molar-refractivity contribution in [1.29, 1.82) is 0 Å². The number of rotatable bonds is 5. The first kappa shape index (κ1) is 18.1. The Kier molecular flexibility index (Phi) is 6.09. The molecule has 0 fully saturated rings. The van der Waals surface area contributed by atoms with Crippen LogP contribution in [-0.4, -0.2) is 17.8 Å². The molecule has 0 amide bonds. The number of thiocarbonyl (C=S) groups is 1. The first-order valence-electron chi connectivity index (χ1n) is 7.58. The highest BCUT2D eigenvalue weighted by molar-refractivity contribution is 7.80. The molecule has 3 nitrogen and oxygen atoms in total. The van der Waals surface area contributed by atoms with E-state index in [0.717, 1.165) is 17.4 Å². The zero-order valence-electron chi connectivity index (χ0n) is 13.8. The smallest absolute Gasteiger partial charge is 0.171 e. The van der Waals surface area contributed by atoms with E-state index in [0.29, 0.717) is 6.61 Å². The molecule has 0 spiro atoms. The molecule has 0 bridgehead atoms. The second kappa shape index (κ2) is 8.06. The molecule has 1 unspecified atom stereocenters. The molecule has 24 heavy (non-hydrogen) atoms. The van der Waals surface area contributed by atoms with Crippen LogP contribution in [-0.2, 0) is 0 Å². The fourth-order valence-electron chi connectivity index (χ4n) is 2.04. The van der Waals surface area contributed by atoms with Crippen LogP contribution >= 0.6 is 12.2 Å². The number of nitrogens with one attached hydrogen (secondary N) is 2. The number of benzene rings is 2. The topological polar surface area (TPSA) is 33.3 Å². The molecule has 2 rings (SSSR count). The van der Waals surface area contributed by atoms with Crippen LogP contribution in [0.4, 0.5) is 14.5 Å². The van der Waals surface area contributed by atoms with E-state index in [1.807, 2.05) is 39.0 Å². The highest BCUT2D eigenvalue weighted by Crippen LogP contribution is 2.17. The van der Waals surface area contributed by atoms with Crippen LogP contribution in [0.5, 0.6) is 5.75 Å². The Labute approximate surface area is 146 Å². The lowest BCUT2D eigenvalue weighted by Gasteiger charge is -2.18. The summed E-state index contributed by atoms with van der Waals surface area (Å²) in [5, 5.41) is 5.95. The van der Waals surface area contributed by atoms with Crippen molar-refractivity contribution in [3.8, 4) is 5.75 Å². The summed E-state index contributed by atoms with van der Waals surface area (Å²) in [6.07, 6.45) is 0.